The lowest BCUT2D eigenvalue weighted by Crippen LogP contribution is -2.31. The van der Waals surface area contributed by atoms with Gasteiger partial charge in [0.25, 0.3) is 0 Å². The summed E-state index contributed by atoms with van der Waals surface area (Å²) in [6.07, 6.45) is 0.252. The molecule has 0 aromatic carbocycles. The van der Waals surface area contributed by atoms with Gasteiger partial charge in [0.1, 0.15) is 6.10 Å². The Bertz CT molecular complexity index is 453. The molecule has 7 heteroatoms. The Balaban J connectivity index is 1.93. The van der Waals surface area contributed by atoms with Gasteiger partial charge >= 0.3 is 5.97 Å². The van der Waals surface area contributed by atoms with Crippen molar-refractivity contribution in [3.05, 3.63) is 11.8 Å². The maximum atomic E-state index is 11.3. The predicted octanol–water partition coefficient (Wildman–Crippen LogP) is 1.93. The normalized spacial score (nSPS) is 14.8. The van der Waals surface area contributed by atoms with Crippen LogP contribution in [0.3, 0.4) is 0 Å². The van der Waals surface area contributed by atoms with Gasteiger partial charge < -0.3 is 9.47 Å². The van der Waals surface area contributed by atoms with Crippen LogP contribution in [0.2, 0.25) is 0 Å². The average Bonchev–Trinajstić information content (AvgIpc) is 2.31. The molecule has 1 aliphatic rings. The standard InChI is InChI=1S/C12H16N2O3S2/c1-3-16-11(15)7-19-12-13-8(2)4-10(14-12)17-9-5-18-6-9/h4,9H,3,5-7H2,1-2H3. The molecule has 0 radical (unpaired) electrons. The first-order valence-corrected chi connectivity index (χ1v) is 8.20. The van der Waals surface area contributed by atoms with Crippen LogP contribution in [0, 0.1) is 6.92 Å². The van der Waals surface area contributed by atoms with Gasteiger partial charge in [-0.25, -0.2) is 4.98 Å². The SMILES string of the molecule is CCOC(=O)CSc1nc(C)cc(OC2CSC2)n1. The van der Waals surface area contributed by atoms with E-state index in [4.69, 9.17) is 9.47 Å². The zero-order chi connectivity index (χ0) is 13.7. The summed E-state index contributed by atoms with van der Waals surface area (Å²) in [6.45, 7) is 4.06. The minimum atomic E-state index is -0.254. The van der Waals surface area contributed by atoms with Crippen LogP contribution in [0.4, 0.5) is 0 Å². The van der Waals surface area contributed by atoms with Crippen molar-refractivity contribution in [1.82, 2.24) is 9.97 Å². The molecule has 0 N–H and O–H groups in total. The third kappa shape index (κ3) is 4.58. The Morgan fingerprint density at radius 1 is 1.53 bits per heavy atom. The van der Waals surface area contributed by atoms with E-state index < -0.39 is 0 Å². The fraction of sp³-hybridized carbons (Fsp3) is 0.583. The molecule has 19 heavy (non-hydrogen) atoms. The molecule has 1 aromatic rings. The van der Waals surface area contributed by atoms with Gasteiger partial charge in [-0.1, -0.05) is 11.8 Å². The van der Waals surface area contributed by atoms with Crippen LogP contribution in [0.15, 0.2) is 11.2 Å². The number of thioether (sulfide) groups is 2. The van der Waals surface area contributed by atoms with Gasteiger partial charge in [0.05, 0.1) is 12.4 Å². The summed E-state index contributed by atoms with van der Waals surface area (Å²) in [5, 5.41) is 0.551. The molecule has 1 fully saturated rings. The maximum Gasteiger partial charge on any atom is 0.316 e. The maximum absolute atomic E-state index is 11.3. The molecular formula is C12H16N2O3S2. The number of carbonyl (C=O) groups is 1. The fourth-order valence-electron chi connectivity index (χ4n) is 1.42. The van der Waals surface area contributed by atoms with E-state index in [1.165, 1.54) is 11.8 Å². The third-order valence-corrected chi connectivity index (χ3v) is 4.37. The summed E-state index contributed by atoms with van der Waals surface area (Å²) >= 11 is 3.13. The average molecular weight is 300 g/mol. The summed E-state index contributed by atoms with van der Waals surface area (Å²) in [5.41, 5.74) is 0.836. The Morgan fingerprint density at radius 2 is 2.32 bits per heavy atom. The Labute approximate surface area is 120 Å². The van der Waals surface area contributed by atoms with Gasteiger partial charge in [-0.2, -0.15) is 16.7 Å². The van der Waals surface area contributed by atoms with E-state index in [1.54, 1.807) is 6.92 Å². The lowest BCUT2D eigenvalue weighted by Gasteiger charge is -2.25. The van der Waals surface area contributed by atoms with E-state index in [0.29, 0.717) is 17.6 Å². The molecule has 0 amide bonds. The van der Waals surface area contributed by atoms with Gasteiger partial charge in [0.15, 0.2) is 5.16 Å². The summed E-state index contributed by atoms with van der Waals surface area (Å²) < 4.78 is 10.6. The predicted molar refractivity (Wildman–Crippen MR) is 75.9 cm³/mol. The lowest BCUT2D eigenvalue weighted by atomic mass is 10.4. The van der Waals surface area contributed by atoms with E-state index in [9.17, 15) is 4.79 Å². The number of hydrogen-bond acceptors (Lipinski definition) is 7. The quantitative estimate of drug-likeness (QED) is 0.452. The molecule has 1 aromatic heterocycles. The zero-order valence-electron chi connectivity index (χ0n) is 10.9. The number of aryl methyl sites for hydroxylation is 1. The molecule has 0 aliphatic carbocycles. The number of ether oxygens (including phenoxy) is 2. The first-order chi connectivity index (χ1) is 9.17. The summed E-state index contributed by atoms with van der Waals surface area (Å²) in [6, 6.07) is 1.82. The summed E-state index contributed by atoms with van der Waals surface area (Å²) in [5.74, 6) is 2.57. The van der Waals surface area contributed by atoms with Crippen LogP contribution < -0.4 is 4.74 Å². The second-order valence-corrected chi connectivity index (χ2v) is 6.02. The van der Waals surface area contributed by atoms with E-state index in [1.807, 2.05) is 24.8 Å². The van der Waals surface area contributed by atoms with Gasteiger partial charge in [-0.15, -0.1) is 0 Å². The van der Waals surface area contributed by atoms with Gasteiger partial charge in [-0.05, 0) is 13.8 Å². The van der Waals surface area contributed by atoms with Crippen molar-refractivity contribution in [3.63, 3.8) is 0 Å². The third-order valence-electron chi connectivity index (χ3n) is 2.33. The molecule has 1 aliphatic heterocycles. The van der Waals surface area contributed by atoms with Crippen LogP contribution >= 0.6 is 23.5 Å². The molecule has 104 valence electrons. The second kappa shape index (κ2) is 7.00. The van der Waals surface area contributed by atoms with Crippen LogP contribution in [0.5, 0.6) is 5.88 Å². The minimum absolute atomic E-state index is 0.218. The van der Waals surface area contributed by atoms with Crippen molar-refractivity contribution < 1.29 is 14.3 Å². The Morgan fingerprint density at radius 3 is 2.95 bits per heavy atom. The van der Waals surface area contributed by atoms with Crippen LogP contribution in [0.1, 0.15) is 12.6 Å². The molecule has 0 unspecified atom stereocenters. The van der Waals surface area contributed by atoms with E-state index >= 15 is 0 Å². The topological polar surface area (TPSA) is 61.3 Å². The van der Waals surface area contributed by atoms with Crippen molar-refractivity contribution in [2.75, 3.05) is 23.9 Å². The van der Waals surface area contributed by atoms with E-state index in [-0.39, 0.29) is 17.8 Å². The molecule has 2 heterocycles. The van der Waals surface area contributed by atoms with Crippen LogP contribution in [-0.4, -0.2) is 45.9 Å². The Kier molecular flexibility index (Phi) is 5.33. The molecule has 0 bridgehead atoms. The highest BCUT2D eigenvalue weighted by Crippen LogP contribution is 2.24. The van der Waals surface area contributed by atoms with E-state index in [2.05, 4.69) is 9.97 Å². The number of nitrogens with zero attached hydrogens (tertiary/aromatic N) is 2. The van der Waals surface area contributed by atoms with Crippen molar-refractivity contribution in [2.45, 2.75) is 25.1 Å². The molecule has 1 saturated heterocycles. The Hall–Kier alpha value is -0.950. The van der Waals surface area contributed by atoms with Crippen LogP contribution in [0.25, 0.3) is 0 Å². The number of esters is 1. The molecule has 0 saturated carbocycles. The molecular weight excluding hydrogens is 284 g/mol. The molecule has 0 atom stereocenters. The zero-order valence-corrected chi connectivity index (χ0v) is 12.6. The molecule has 2 rings (SSSR count). The van der Waals surface area contributed by atoms with Crippen molar-refractivity contribution in [3.8, 4) is 5.88 Å². The number of hydrogen-bond donors (Lipinski definition) is 0. The van der Waals surface area contributed by atoms with Crippen molar-refractivity contribution in [1.29, 1.82) is 0 Å². The highest BCUT2D eigenvalue weighted by atomic mass is 32.2. The van der Waals surface area contributed by atoms with E-state index in [0.717, 1.165) is 17.2 Å². The first-order valence-electron chi connectivity index (χ1n) is 6.06. The van der Waals surface area contributed by atoms with Crippen molar-refractivity contribution in [2.24, 2.45) is 0 Å². The number of aromatic nitrogens is 2. The molecule has 0 spiro atoms. The summed E-state index contributed by atoms with van der Waals surface area (Å²) in [7, 11) is 0. The largest absolute Gasteiger partial charge is 0.472 e. The highest BCUT2D eigenvalue weighted by Gasteiger charge is 2.21. The fourth-order valence-corrected chi connectivity index (χ4v) is 2.67. The van der Waals surface area contributed by atoms with Crippen molar-refractivity contribution >= 4 is 29.5 Å². The van der Waals surface area contributed by atoms with Crippen LogP contribution in [-0.2, 0) is 9.53 Å². The minimum Gasteiger partial charge on any atom is -0.472 e. The number of carbonyl (C=O) groups excluding carboxylic acids is 1. The number of rotatable bonds is 6. The van der Waals surface area contributed by atoms with Gasteiger partial charge in [-0.3, -0.25) is 4.79 Å². The van der Waals surface area contributed by atoms with Gasteiger partial charge in [0.2, 0.25) is 5.88 Å². The van der Waals surface area contributed by atoms with Gasteiger partial charge in [0, 0.05) is 23.3 Å². The molecule has 5 nitrogen and oxygen atoms in total. The second-order valence-electron chi connectivity index (χ2n) is 4.00. The summed E-state index contributed by atoms with van der Waals surface area (Å²) in [4.78, 5) is 19.9. The smallest absolute Gasteiger partial charge is 0.316 e. The lowest BCUT2D eigenvalue weighted by molar-refractivity contribution is -0.139. The highest BCUT2D eigenvalue weighted by molar-refractivity contribution is 8.00. The first kappa shape index (κ1) is 14.5. The monoisotopic (exact) mass is 300 g/mol.